The van der Waals surface area contributed by atoms with Crippen LogP contribution in [0.3, 0.4) is 0 Å². The third kappa shape index (κ3) is 19600. The molecule has 12 heavy (non-hydrogen) atoms. The van der Waals surface area contributed by atoms with E-state index < -0.39 is 0 Å². The van der Waals surface area contributed by atoms with E-state index in [1.54, 1.807) is 0 Å². The van der Waals surface area contributed by atoms with Gasteiger partial charge in [-0.1, -0.05) is 0 Å². The molecular formula is C4H2Li2N4OPt. The predicted octanol–water partition coefficient (Wildman–Crippen LogP) is -6.43. The van der Waals surface area contributed by atoms with Crippen LogP contribution in [0.2, 0.25) is 0 Å². The molecule has 0 aromatic heterocycles. The molecule has 0 saturated heterocycles. The summed E-state index contributed by atoms with van der Waals surface area (Å²) in [7, 11) is 0. The van der Waals surface area contributed by atoms with E-state index in [9.17, 15) is 0 Å². The number of hydrogen-bond acceptors (Lipinski definition) is 4. The Morgan fingerprint density at radius 3 is 0.500 bits per heavy atom. The topological polar surface area (TPSA) is 127 Å². The van der Waals surface area contributed by atoms with Crippen LogP contribution in [0.15, 0.2) is 0 Å². The van der Waals surface area contributed by atoms with Gasteiger partial charge in [0.1, 0.15) is 0 Å². The molecule has 56 valence electrons. The molecule has 0 saturated carbocycles. The van der Waals surface area contributed by atoms with Crippen LogP contribution in [0.5, 0.6) is 0 Å². The van der Waals surface area contributed by atoms with Crippen LogP contribution in [0.1, 0.15) is 0 Å². The Morgan fingerprint density at radius 2 is 0.500 bits per heavy atom. The van der Waals surface area contributed by atoms with E-state index in [1.807, 2.05) is 0 Å². The zero-order valence-corrected chi connectivity index (χ0v) is 8.88. The first-order valence-electron chi connectivity index (χ1n) is 0.894. The molecule has 8 heteroatoms. The van der Waals surface area contributed by atoms with Gasteiger partial charge in [-0.25, -0.2) is 0 Å². The van der Waals surface area contributed by atoms with Crippen molar-refractivity contribution >= 4 is 0 Å². The van der Waals surface area contributed by atoms with Crippen molar-refractivity contribution in [3.63, 3.8) is 0 Å². The van der Waals surface area contributed by atoms with Gasteiger partial charge in [-0.15, -0.1) is 0 Å². The van der Waals surface area contributed by atoms with Gasteiger partial charge in [-0.2, -0.15) is 0 Å². The van der Waals surface area contributed by atoms with Crippen LogP contribution in [0.4, 0.5) is 0 Å². The second kappa shape index (κ2) is 26800. The van der Waals surface area contributed by atoms with Gasteiger partial charge in [0.05, 0.1) is 0 Å². The summed E-state index contributed by atoms with van der Waals surface area (Å²) >= 11 is 0. The molecular weight excluding hydrogens is 329 g/mol. The normalized spacial score (nSPS) is 0.667. The average molecular weight is 331 g/mol. The van der Waals surface area contributed by atoms with E-state index >= 15 is 0 Å². The fourth-order valence-corrected chi connectivity index (χ4v) is 0. The van der Waals surface area contributed by atoms with Gasteiger partial charge in [0.25, 0.3) is 0 Å². The van der Waals surface area contributed by atoms with Gasteiger partial charge in [0.15, 0.2) is 0 Å². The molecule has 0 unspecified atom stereocenters. The maximum Gasteiger partial charge on any atom is 2.00 e. The second-order valence-corrected chi connectivity index (χ2v) is 0. The zero-order chi connectivity index (χ0) is 8.00. The fraction of sp³-hybridized carbons (Fsp3) is 0. The molecule has 0 aromatic carbocycles. The van der Waals surface area contributed by atoms with Gasteiger partial charge in [0.2, 0.25) is 0 Å². The Bertz CT molecular complexity index is 68.0. The Labute approximate surface area is 111 Å². The van der Waals surface area contributed by atoms with Gasteiger partial charge in [-0.3, -0.25) is 0 Å². The minimum absolute atomic E-state index is 0. The summed E-state index contributed by atoms with van der Waals surface area (Å²) in [4.78, 5) is 0. The summed E-state index contributed by atoms with van der Waals surface area (Å²) in [6, 6.07) is 0. The van der Waals surface area contributed by atoms with Crippen LogP contribution in [0.25, 0.3) is 0 Å². The summed E-state index contributed by atoms with van der Waals surface area (Å²) in [6.45, 7) is 19.0. The molecule has 0 fully saturated rings. The Morgan fingerprint density at radius 1 is 0.500 bits per heavy atom. The molecule has 0 aliphatic carbocycles. The molecule has 0 radical (unpaired) electrons. The first-order valence-corrected chi connectivity index (χ1v) is 0.894. The molecule has 0 atom stereocenters. The molecule has 0 aliphatic heterocycles. The zero-order valence-electron chi connectivity index (χ0n) is 6.61. The van der Waals surface area contributed by atoms with Gasteiger partial charge >= 0.3 is 58.8 Å². The number of nitrogens with zero attached hydrogens (tertiary/aromatic N) is 4. The van der Waals surface area contributed by atoms with E-state index in [0.29, 0.717) is 0 Å². The Balaban J connectivity index is -0.00000000267. The predicted molar refractivity (Wildman–Crippen MR) is 23.5 cm³/mol. The van der Waals surface area contributed by atoms with Crippen molar-refractivity contribution in [2.24, 2.45) is 0 Å². The molecule has 0 heterocycles. The van der Waals surface area contributed by atoms with Crippen molar-refractivity contribution in [3.05, 3.63) is 26.3 Å². The summed E-state index contributed by atoms with van der Waals surface area (Å²) in [5, 5.41) is 25.0. The van der Waals surface area contributed by atoms with E-state index in [0.717, 1.165) is 0 Å². The largest absolute Gasteiger partial charge is 2.00 e. The summed E-state index contributed by atoms with van der Waals surface area (Å²) < 4.78 is 0. The molecule has 0 amide bonds. The van der Waals surface area contributed by atoms with Crippen molar-refractivity contribution in [2.75, 3.05) is 0 Å². The van der Waals surface area contributed by atoms with Crippen LogP contribution in [-0.4, -0.2) is 5.48 Å². The molecule has 0 rings (SSSR count). The SMILES string of the molecule is O.[C-]#N.[C-]#N.[C-]#N.[C-]#N.[Li+].[Li+].[Pt+2]. The molecule has 2 N–H and O–H groups in total. The van der Waals surface area contributed by atoms with E-state index in [1.165, 1.54) is 0 Å². The van der Waals surface area contributed by atoms with Crippen molar-refractivity contribution in [3.8, 4) is 0 Å². The van der Waals surface area contributed by atoms with Crippen LogP contribution >= 0.6 is 0 Å². The van der Waals surface area contributed by atoms with E-state index in [4.69, 9.17) is 47.3 Å². The van der Waals surface area contributed by atoms with Crippen molar-refractivity contribution in [2.45, 2.75) is 0 Å². The van der Waals surface area contributed by atoms with Crippen LogP contribution < -0.4 is 37.7 Å². The summed E-state index contributed by atoms with van der Waals surface area (Å²) in [6.07, 6.45) is 0. The third-order valence-corrected chi connectivity index (χ3v) is 0. The average Bonchev–Trinajstić information content (AvgIpc) is 2.03. The molecule has 5 nitrogen and oxygen atoms in total. The molecule has 0 bridgehead atoms. The van der Waals surface area contributed by atoms with Crippen molar-refractivity contribution < 1.29 is 64.3 Å². The Hall–Kier alpha value is -0.197. The minimum atomic E-state index is 0. The van der Waals surface area contributed by atoms with Gasteiger partial charge in [0, 0.05) is 0 Å². The van der Waals surface area contributed by atoms with E-state index in [2.05, 4.69) is 0 Å². The first-order chi connectivity index (χ1) is 4.00. The Kier molecular flexibility index (Phi) is 213000. The molecule has 0 aromatic rings. The molecule has 0 aliphatic rings. The smallest absolute Gasteiger partial charge is 0.512 e. The van der Waals surface area contributed by atoms with Gasteiger partial charge in [-0.05, 0) is 0 Å². The fourth-order valence-electron chi connectivity index (χ4n) is 0. The number of rotatable bonds is 0. The van der Waals surface area contributed by atoms with Crippen molar-refractivity contribution in [1.82, 2.24) is 0 Å². The summed E-state index contributed by atoms with van der Waals surface area (Å²) in [5.41, 5.74) is 0. The maximum atomic E-state index is 6.25. The molecule has 0 spiro atoms. The second-order valence-electron chi connectivity index (χ2n) is 0. The monoisotopic (exact) mass is 331 g/mol. The minimum Gasteiger partial charge on any atom is -0.512 e. The van der Waals surface area contributed by atoms with Gasteiger partial charge < -0.3 is 52.8 Å². The van der Waals surface area contributed by atoms with Crippen molar-refractivity contribution in [1.29, 1.82) is 21.0 Å². The number of hydrogen-bond donors (Lipinski definition) is 0. The first kappa shape index (κ1) is 95.2. The van der Waals surface area contributed by atoms with E-state index in [-0.39, 0.29) is 64.3 Å². The van der Waals surface area contributed by atoms with Crippen LogP contribution in [-0.2, 0) is 21.1 Å². The third-order valence-electron chi connectivity index (χ3n) is 0. The standard InChI is InChI=1S/4CN.2Li.H2O.Pt/c4*1-2;;;;/h;;;;;;1H2;/q4*-1;2*+1;;+2. The maximum absolute atomic E-state index is 6.25. The van der Waals surface area contributed by atoms with Crippen LogP contribution in [0, 0.1) is 47.3 Å². The summed E-state index contributed by atoms with van der Waals surface area (Å²) in [5.74, 6) is 0. The quantitative estimate of drug-likeness (QED) is 0.323.